The maximum absolute atomic E-state index is 5.12. The molecule has 3 heteroatoms. The van der Waals surface area contributed by atoms with Gasteiger partial charge in [-0.25, -0.2) is 0 Å². The van der Waals surface area contributed by atoms with Gasteiger partial charge in [0.25, 0.3) is 0 Å². The molecule has 0 amide bonds. The van der Waals surface area contributed by atoms with Gasteiger partial charge in [0.1, 0.15) is 0 Å². The molecule has 1 N–H and O–H groups in total. The van der Waals surface area contributed by atoms with Crippen LogP contribution in [0.3, 0.4) is 0 Å². The lowest BCUT2D eigenvalue weighted by molar-refractivity contribution is 0.571. The number of nitrogens with zero attached hydrogens (tertiary/aromatic N) is 2. The summed E-state index contributed by atoms with van der Waals surface area (Å²) in [5.41, 5.74) is 29.2. The van der Waals surface area contributed by atoms with Crippen molar-refractivity contribution in [3.05, 3.63) is 290 Å². The number of pyridine rings is 2. The second kappa shape index (κ2) is 18.2. The average Bonchev–Trinajstić information content (AvgIpc) is 1.64. The molecule has 412 valence electrons. The number of fused-ring (bicyclic) bond motifs is 17. The predicted octanol–water partition coefficient (Wildman–Crippen LogP) is 22.0. The van der Waals surface area contributed by atoms with E-state index >= 15 is 0 Å². The molecule has 0 radical (unpaired) electrons. The van der Waals surface area contributed by atoms with Gasteiger partial charge >= 0.3 is 0 Å². The van der Waals surface area contributed by atoms with E-state index in [0.29, 0.717) is 0 Å². The lowest BCUT2D eigenvalue weighted by Crippen LogP contribution is -2.29. The summed E-state index contributed by atoms with van der Waals surface area (Å²) in [6, 6.07) is 101. The average molecular weight is 1130 g/mol. The van der Waals surface area contributed by atoms with Gasteiger partial charge in [-0.1, -0.05) is 206 Å². The summed E-state index contributed by atoms with van der Waals surface area (Å²) in [4.78, 5) is 10.2. The maximum atomic E-state index is 5.12. The predicted molar refractivity (Wildman–Crippen MR) is 372 cm³/mol. The molecule has 3 aliphatic carbocycles. The van der Waals surface area contributed by atoms with Crippen LogP contribution in [0.25, 0.3) is 187 Å². The Labute approximate surface area is 514 Å². The quantitative estimate of drug-likeness (QED) is 0.128. The van der Waals surface area contributed by atoms with Gasteiger partial charge in [0.05, 0.1) is 11.4 Å². The highest BCUT2D eigenvalue weighted by Gasteiger charge is 2.50. The third-order valence-electron chi connectivity index (χ3n) is 20.7. The molecule has 2 aromatic heterocycles. The minimum absolute atomic E-state index is 0.275. The lowest BCUT2D eigenvalue weighted by atomic mass is 9.75. The standard InChI is InChI=1S/C86H53N3/c1-86(79-48-89-79)77-42-55(67-44-73-63-36-34-57(51-20-10-4-11-21-51)80-65-24-14-38-87-84(65)75(82(63)80)46-71(73)59-30-26-53(40-69(59)67)49-16-6-2-7-17-49)28-32-61(77)62-33-29-56(43-78(62)86)68-45-74-64-37-35-58(52-22-12-5-13-23-52)81-66-25-15-39-88-85(66)76(83(64)81)47-72(74)60-31-27-54(41-70(60)68)50-18-8-3-9-19-50/h2-47,79,89H,48H2,1H3. The number of aromatic nitrogens is 2. The molecule has 0 saturated carbocycles. The van der Waals surface area contributed by atoms with Crippen LogP contribution in [0, 0.1) is 0 Å². The normalized spacial score (nSPS) is 14.5. The van der Waals surface area contributed by atoms with Gasteiger partial charge in [0.2, 0.25) is 0 Å². The van der Waals surface area contributed by atoms with E-state index in [1.165, 1.54) is 187 Å². The van der Waals surface area contributed by atoms with Gasteiger partial charge in [0, 0.05) is 74.5 Å². The molecule has 16 aromatic rings. The molecule has 1 aliphatic heterocycles. The molecule has 0 spiro atoms. The van der Waals surface area contributed by atoms with Crippen LogP contribution < -0.4 is 5.32 Å². The van der Waals surface area contributed by atoms with E-state index in [0.717, 1.165) is 17.9 Å². The summed E-state index contributed by atoms with van der Waals surface area (Å²) in [5, 5.41) is 18.9. The zero-order valence-electron chi connectivity index (χ0n) is 48.7. The van der Waals surface area contributed by atoms with Crippen LogP contribution in [0.4, 0.5) is 0 Å². The zero-order valence-corrected chi connectivity index (χ0v) is 48.7. The Morgan fingerprint density at radius 2 is 0.652 bits per heavy atom. The summed E-state index contributed by atoms with van der Waals surface area (Å²) < 4.78 is 0. The van der Waals surface area contributed by atoms with E-state index in [2.05, 4.69) is 279 Å². The highest BCUT2D eigenvalue weighted by Crippen LogP contribution is 2.58. The van der Waals surface area contributed by atoms with Crippen LogP contribution in [-0.2, 0) is 5.41 Å². The summed E-state index contributed by atoms with van der Waals surface area (Å²) in [6.07, 6.45) is 3.90. The fourth-order valence-electron chi connectivity index (χ4n) is 16.4. The monoisotopic (exact) mass is 1130 g/mol. The Morgan fingerprint density at radius 1 is 0.281 bits per heavy atom. The van der Waals surface area contributed by atoms with E-state index in [1.807, 2.05) is 12.4 Å². The summed E-state index contributed by atoms with van der Waals surface area (Å²) in [5.74, 6) is 0. The van der Waals surface area contributed by atoms with Gasteiger partial charge in [-0.3, -0.25) is 9.97 Å². The Bertz CT molecular complexity index is 5440. The fourth-order valence-corrected chi connectivity index (χ4v) is 16.4. The number of benzene rings is 14. The first kappa shape index (κ1) is 49.1. The molecule has 1 saturated heterocycles. The van der Waals surface area contributed by atoms with Crippen molar-refractivity contribution in [3.8, 4) is 123 Å². The summed E-state index contributed by atoms with van der Waals surface area (Å²) in [6.45, 7) is 3.47. The van der Waals surface area contributed by atoms with Crippen molar-refractivity contribution in [2.75, 3.05) is 6.54 Å². The second-order valence-electron chi connectivity index (χ2n) is 25.2. The van der Waals surface area contributed by atoms with Crippen LogP contribution in [0.2, 0.25) is 0 Å². The first-order valence-electron chi connectivity index (χ1n) is 31.2. The first-order valence-corrected chi connectivity index (χ1v) is 31.2. The third kappa shape index (κ3) is 6.91. The zero-order chi connectivity index (χ0) is 58.2. The Kier molecular flexibility index (Phi) is 10.0. The molecule has 4 aliphatic rings. The molecule has 14 aromatic carbocycles. The van der Waals surface area contributed by atoms with Crippen molar-refractivity contribution >= 4 is 64.6 Å². The largest absolute Gasteiger partial charge is 0.310 e. The number of hydrogen-bond acceptors (Lipinski definition) is 3. The van der Waals surface area contributed by atoms with Gasteiger partial charge in [0.15, 0.2) is 0 Å². The Balaban J connectivity index is 0.798. The summed E-state index contributed by atoms with van der Waals surface area (Å²) in [7, 11) is 0. The smallest absolute Gasteiger partial charge is 0.0787 e. The van der Waals surface area contributed by atoms with E-state index < -0.39 is 0 Å². The minimum Gasteiger partial charge on any atom is -0.310 e. The highest BCUT2D eigenvalue weighted by molar-refractivity contribution is 6.32. The second-order valence-corrected chi connectivity index (χ2v) is 25.2. The van der Waals surface area contributed by atoms with Crippen LogP contribution in [0.5, 0.6) is 0 Å². The molecule has 0 bridgehead atoms. The molecular weight excluding hydrogens is 1070 g/mol. The summed E-state index contributed by atoms with van der Waals surface area (Å²) >= 11 is 0. The molecule has 20 rings (SSSR count). The van der Waals surface area contributed by atoms with Crippen molar-refractivity contribution < 1.29 is 0 Å². The molecular formula is C86H53N3. The van der Waals surface area contributed by atoms with Crippen molar-refractivity contribution in [2.24, 2.45) is 0 Å². The van der Waals surface area contributed by atoms with Crippen LogP contribution in [0.15, 0.2) is 279 Å². The molecule has 1 unspecified atom stereocenters. The molecule has 3 nitrogen and oxygen atoms in total. The number of rotatable bonds is 7. The molecule has 1 fully saturated rings. The van der Waals surface area contributed by atoms with Gasteiger partial charge in [-0.05, 0) is 210 Å². The van der Waals surface area contributed by atoms with Crippen molar-refractivity contribution in [1.29, 1.82) is 0 Å². The van der Waals surface area contributed by atoms with Crippen molar-refractivity contribution in [2.45, 2.75) is 18.4 Å². The van der Waals surface area contributed by atoms with E-state index in [1.54, 1.807) is 0 Å². The van der Waals surface area contributed by atoms with Crippen LogP contribution in [-0.4, -0.2) is 22.6 Å². The van der Waals surface area contributed by atoms with E-state index in [9.17, 15) is 0 Å². The Morgan fingerprint density at radius 3 is 1.08 bits per heavy atom. The van der Waals surface area contributed by atoms with Crippen molar-refractivity contribution in [1.82, 2.24) is 15.3 Å². The topological polar surface area (TPSA) is 47.7 Å². The van der Waals surface area contributed by atoms with Crippen LogP contribution in [0.1, 0.15) is 18.1 Å². The van der Waals surface area contributed by atoms with Gasteiger partial charge in [-0.2, -0.15) is 0 Å². The number of hydrogen-bond donors (Lipinski definition) is 1. The highest BCUT2D eigenvalue weighted by atomic mass is 15.1. The Hall–Kier alpha value is -11.1. The number of nitrogens with one attached hydrogen (secondary N) is 1. The first-order chi connectivity index (χ1) is 44.0. The fraction of sp³-hybridized carbons (Fsp3) is 0.0465. The minimum atomic E-state index is -0.315. The van der Waals surface area contributed by atoms with E-state index in [4.69, 9.17) is 9.97 Å². The third-order valence-corrected chi connectivity index (χ3v) is 20.7. The lowest BCUT2D eigenvalue weighted by Gasteiger charge is -2.27. The molecule has 1 atom stereocenters. The molecule has 89 heavy (non-hydrogen) atoms. The van der Waals surface area contributed by atoms with Gasteiger partial charge < -0.3 is 5.32 Å². The molecule has 3 heterocycles. The maximum Gasteiger partial charge on any atom is 0.0787 e. The SMILES string of the molecule is CC1(C2CN2)c2cc(-c3cc4c5ccc(-c6ccccc6)c6c5c(cc4c4ccc(-c5ccccc5)cc34)-c3ncccc3-6)ccc2-c2ccc(-c3cc4c5ccc(-c6ccccc6)c6c5c(cc4c4ccc(-c5ccccc5)cc34)-c3ncccc3-6)cc21. The van der Waals surface area contributed by atoms with Crippen LogP contribution >= 0.6 is 0 Å². The van der Waals surface area contributed by atoms with Crippen molar-refractivity contribution in [3.63, 3.8) is 0 Å². The van der Waals surface area contributed by atoms with E-state index in [-0.39, 0.29) is 11.5 Å². The van der Waals surface area contributed by atoms with Gasteiger partial charge in [-0.15, -0.1) is 0 Å².